The molecule has 21 heavy (non-hydrogen) atoms. The first-order chi connectivity index (χ1) is 10.3. The minimum absolute atomic E-state index is 0.00376. The maximum Gasteiger partial charge on any atom is 0.127 e. The van der Waals surface area contributed by atoms with E-state index in [9.17, 15) is 4.79 Å². The van der Waals surface area contributed by atoms with Gasteiger partial charge in [0, 0.05) is 18.0 Å². The van der Waals surface area contributed by atoms with Crippen molar-refractivity contribution in [2.75, 3.05) is 32.7 Å². The highest BCUT2D eigenvalue weighted by Crippen LogP contribution is 2.36. The van der Waals surface area contributed by atoms with E-state index < -0.39 is 0 Å². The Morgan fingerprint density at radius 2 is 1.48 bits per heavy atom. The molecule has 0 aromatic carbocycles. The van der Waals surface area contributed by atoms with E-state index in [0.717, 1.165) is 25.4 Å². The van der Waals surface area contributed by atoms with Crippen LogP contribution in [0.1, 0.15) is 64.2 Å². The Labute approximate surface area is 130 Å². The third kappa shape index (κ3) is 3.87. The molecule has 0 radical (unpaired) electrons. The van der Waals surface area contributed by atoms with Crippen LogP contribution in [-0.4, -0.2) is 54.9 Å². The van der Waals surface area contributed by atoms with Crippen LogP contribution in [0.2, 0.25) is 0 Å². The lowest BCUT2D eigenvalue weighted by molar-refractivity contribution is -0.119. The van der Waals surface area contributed by atoms with Crippen molar-refractivity contribution in [1.82, 2.24) is 9.80 Å². The Morgan fingerprint density at radius 1 is 0.857 bits per heavy atom. The van der Waals surface area contributed by atoms with Crippen molar-refractivity contribution in [2.24, 2.45) is 5.41 Å². The molecule has 2 saturated heterocycles. The summed E-state index contributed by atoms with van der Waals surface area (Å²) in [6, 6.07) is 0.820. The summed E-state index contributed by atoms with van der Waals surface area (Å²) in [6.45, 7) is 6.09. The van der Waals surface area contributed by atoms with Gasteiger partial charge in [0.05, 0.1) is 0 Å². The molecular weight excluding hydrogens is 260 g/mol. The number of carbonyl (C=O) groups excluding carboxylic acids is 1. The highest BCUT2D eigenvalue weighted by molar-refractivity contribution is 5.60. The summed E-state index contributed by atoms with van der Waals surface area (Å²) in [4.78, 5) is 16.9. The smallest absolute Gasteiger partial charge is 0.127 e. The first-order valence-corrected chi connectivity index (χ1v) is 9.24. The van der Waals surface area contributed by atoms with E-state index in [4.69, 9.17) is 0 Å². The number of carbonyl (C=O) groups is 1. The van der Waals surface area contributed by atoms with Crippen LogP contribution in [0.3, 0.4) is 0 Å². The molecule has 0 N–H and O–H groups in total. The van der Waals surface area contributed by atoms with Crippen molar-refractivity contribution in [3.05, 3.63) is 0 Å². The molecule has 0 atom stereocenters. The zero-order valence-electron chi connectivity index (χ0n) is 13.6. The normalized spacial score (nSPS) is 29.3. The quantitative estimate of drug-likeness (QED) is 0.744. The van der Waals surface area contributed by atoms with E-state index in [1.807, 2.05) is 0 Å². The minimum Gasteiger partial charge on any atom is -0.303 e. The standard InChI is InChI=1S/C18H32N2O/c21-16-18(9-3-1-4-10-18)15-19-13-7-17(8-14-19)20-11-5-2-6-12-20/h16-17H,1-15H2. The van der Waals surface area contributed by atoms with E-state index in [2.05, 4.69) is 9.80 Å². The van der Waals surface area contributed by atoms with Gasteiger partial charge in [-0.15, -0.1) is 0 Å². The number of rotatable bonds is 4. The zero-order valence-corrected chi connectivity index (χ0v) is 13.6. The molecule has 0 aromatic rings. The van der Waals surface area contributed by atoms with Crippen molar-refractivity contribution < 1.29 is 4.79 Å². The number of piperidine rings is 2. The first kappa shape index (κ1) is 15.5. The van der Waals surface area contributed by atoms with Crippen molar-refractivity contribution in [3.63, 3.8) is 0 Å². The van der Waals surface area contributed by atoms with Gasteiger partial charge < -0.3 is 14.6 Å². The summed E-state index contributed by atoms with van der Waals surface area (Å²) >= 11 is 0. The van der Waals surface area contributed by atoms with Crippen LogP contribution in [0.25, 0.3) is 0 Å². The predicted octanol–water partition coefficient (Wildman–Crippen LogP) is 3.09. The third-order valence-corrected chi connectivity index (χ3v) is 6.10. The van der Waals surface area contributed by atoms with Gasteiger partial charge in [-0.3, -0.25) is 0 Å². The molecule has 0 unspecified atom stereocenters. The molecule has 0 bridgehead atoms. The molecule has 3 aliphatic rings. The van der Waals surface area contributed by atoms with Crippen LogP contribution in [-0.2, 0) is 4.79 Å². The molecule has 1 aliphatic carbocycles. The molecule has 0 aromatic heterocycles. The SMILES string of the molecule is O=CC1(CN2CCC(N3CCCCC3)CC2)CCCCC1. The fourth-order valence-corrected chi connectivity index (χ4v) is 4.74. The summed E-state index contributed by atoms with van der Waals surface area (Å²) in [6.07, 6.45) is 14.2. The number of likely N-dealkylation sites (tertiary alicyclic amines) is 2. The topological polar surface area (TPSA) is 23.6 Å². The van der Waals surface area contributed by atoms with Gasteiger partial charge in [-0.05, 0) is 64.7 Å². The first-order valence-electron chi connectivity index (χ1n) is 9.24. The summed E-state index contributed by atoms with van der Waals surface area (Å²) < 4.78 is 0. The molecule has 2 heterocycles. The maximum atomic E-state index is 11.6. The largest absolute Gasteiger partial charge is 0.303 e. The second-order valence-electron chi connectivity index (χ2n) is 7.64. The summed E-state index contributed by atoms with van der Waals surface area (Å²) in [5, 5.41) is 0. The average molecular weight is 292 g/mol. The number of aldehydes is 1. The van der Waals surface area contributed by atoms with Gasteiger partial charge in [0.15, 0.2) is 0 Å². The fraction of sp³-hybridized carbons (Fsp3) is 0.944. The van der Waals surface area contributed by atoms with Crippen LogP contribution in [0, 0.1) is 5.41 Å². The minimum atomic E-state index is -0.00376. The lowest BCUT2D eigenvalue weighted by Crippen LogP contribution is -2.49. The number of hydrogen-bond donors (Lipinski definition) is 0. The highest BCUT2D eigenvalue weighted by atomic mass is 16.1. The molecule has 2 aliphatic heterocycles. The molecule has 3 rings (SSSR count). The molecule has 0 spiro atoms. The Morgan fingerprint density at radius 3 is 2.10 bits per heavy atom. The summed E-state index contributed by atoms with van der Waals surface area (Å²) in [5.41, 5.74) is -0.00376. The lowest BCUT2D eigenvalue weighted by Gasteiger charge is -2.43. The van der Waals surface area contributed by atoms with Gasteiger partial charge >= 0.3 is 0 Å². The summed E-state index contributed by atoms with van der Waals surface area (Å²) in [7, 11) is 0. The Bertz CT molecular complexity index is 324. The average Bonchev–Trinajstić information content (AvgIpc) is 2.57. The second kappa shape index (κ2) is 7.23. The third-order valence-electron chi connectivity index (χ3n) is 6.10. The molecule has 3 nitrogen and oxygen atoms in total. The van der Waals surface area contributed by atoms with Crippen LogP contribution in [0.4, 0.5) is 0 Å². The molecule has 3 fully saturated rings. The van der Waals surface area contributed by atoms with E-state index in [-0.39, 0.29) is 5.41 Å². The van der Waals surface area contributed by atoms with Crippen molar-refractivity contribution >= 4 is 6.29 Å². The van der Waals surface area contributed by atoms with Crippen molar-refractivity contribution in [2.45, 2.75) is 70.3 Å². The molecule has 120 valence electrons. The summed E-state index contributed by atoms with van der Waals surface area (Å²) in [5.74, 6) is 0. The van der Waals surface area contributed by atoms with Gasteiger partial charge in [0.2, 0.25) is 0 Å². The number of hydrogen-bond acceptors (Lipinski definition) is 3. The van der Waals surface area contributed by atoms with Gasteiger partial charge in [-0.1, -0.05) is 25.7 Å². The Kier molecular flexibility index (Phi) is 5.33. The van der Waals surface area contributed by atoms with Gasteiger partial charge in [0.25, 0.3) is 0 Å². The van der Waals surface area contributed by atoms with Crippen molar-refractivity contribution in [3.8, 4) is 0 Å². The van der Waals surface area contributed by atoms with Gasteiger partial charge in [-0.25, -0.2) is 0 Å². The zero-order chi connectivity index (χ0) is 14.5. The fourth-order valence-electron chi connectivity index (χ4n) is 4.74. The Balaban J connectivity index is 1.47. The van der Waals surface area contributed by atoms with E-state index in [0.29, 0.717) is 0 Å². The second-order valence-corrected chi connectivity index (χ2v) is 7.64. The molecule has 1 saturated carbocycles. The molecule has 0 amide bonds. The molecular formula is C18H32N2O. The van der Waals surface area contributed by atoms with E-state index >= 15 is 0 Å². The van der Waals surface area contributed by atoms with Gasteiger partial charge in [-0.2, -0.15) is 0 Å². The monoisotopic (exact) mass is 292 g/mol. The van der Waals surface area contributed by atoms with E-state index in [1.54, 1.807) is 0 Å². The van der Waals surface area contributed by atoms with E-state index in [1.165, 1.54) is 83.8 Å². The lowest BCUT2D eigenvalue weighted by atomic mass is 9.74. The van der Waals surface area contributed by atoms with Gasteiger partial charge in [0.1, 0.15) is 6.29 Å². The van der Waals surface area contributed by atoms with Crippen LogP contribution in [0.15, 0.2) is 0 Å². The highest BCUT2D eigenvalue weighted by Gasteiger charge is 2.35. The van der Waals surface area contributed by atoms with Crippen LogP contribution in [0.5, 0.6) is 0 Å². The van der Waals surface area contributed by atoms with Crippen molar-refractivity contribution in [1.29, 1.82) is 0 Å². The Hall–Kier alpha value is -0.410. The van der Waals surface area contributed by atoms with Crippen LogP contribution < -0.4 is 0 Å². The predicted molar refractivity (Wildman–Crippen MR) is 86.5 cm³/mol. The maximum absolute atomic E-state index is 11.6. The number of nitrogens with zero attached hydrogens (tertiary/aromatic N) is 2. The van der Waals surface area contributed by atoms with Crippen LogP contribution >= 0.6 is 0 Å². The molecule has 3 heteroatoms.